The van der Waals surface area contributed by atoms with Crippen molar-refractivity contribution < 1.29 is 19.4 Å². The number of benzene rings is 3. The van der Waals surface area contributed by atoms with Crippen molar-refractivity contribution in [3.63, 3.8) is 0 Å². The fourth-order valence-electron chi connectivity index (χ4n) is 4.24. The molecule has 0 spiro atoms. The Kier molecular flexibility index (Phi) is 6.90. The lowest BCUT2D eigenvalue weighted by Gasteiger charge is -2.22. The Morgan fingerprint density at radius 3 is 2.46 bits per heavy atom. The maximum atomic E-state index is 13.2. The topological polar surface area (TPSA) is 92.6 Å². The third-order valence-electron chi connectivity index (χ3n) is 5.95. The van der Waals surface area contributed by atoms with E-state index < -0.39 is 17.7 Å². The first kappa shape index (κ1) is 24.9. The van der Waals surface area contributed by atoms with E-state index in [1.807, 2.05) is 43.3 Å². The number of hydrogen-bond acceptors (Lipinski definition) is 7. The number of amides is 1. The van der Waals surface area contributed by atoms with Gasteiger partial charge >= 0.3 is 5.91 Å². The molecule has 1 fully saturated rings. The first-order valence-corrected chi connectivity index (χ1v) is 13.1. The number of aliphatic hydroxyl groups excluding tert-OH is 1. The van der Waals surface area contributed by atoms with Crippen LogP contribution in [-0.4, -0.2) is 27.0 Å². The minimum atomic E-state index is -0.859. The largest absolute Gasteiger partial charge is 0.507 e. The normalized spacial score (nSPS) is 16.8. The van der Waals surface area contributed by atoms with Crippen LogP contribution in [0.15, 0.2) is 82.8 Å². The Morgan fingerprint density at radius 2 is 1.78 bits per heavy atom. The van der Waals surface area contributed by atoms with Crippen LogP contribution in [-0.2, 0) is 16.2 Å². The van der Waals surface area contributed by atoms with Gasteiger partial charge in [0.25, 0.3) is 5.78 Å². The summed E-state index contributed by atoms with van der Waals surface area (Å²) in [5, 5.41) is 20.4. The van der Waals surface area contributed by atoms with Crippen molar-refractivity contribution in [2.45, 2.75) is 26.5 Å². The van der Waals surface area contributed by atoms with E-state index in [-0.39, 0.29) is 11.3 Å². The number of halogens is 1. The molecule has 1 saturated heterocycles. The highest BCUT2D eigenvalue weighted by Crippen LogP contribution is 2.43. The van der Waals surface area contributed by atoms with Gasteiger partial charge in [0.2, 0.25) is 5.13 Å². The van der Waals surface area contributed by atoms with Crippen LogP contribution in [0.3, 0.4) is 0 Å². The third-order valence-corrected chi connectivity index (χ3v) is 7.28. The lowest BCUT2D eigenvalue weighted by molar-refractivity contribution is -0.132. The second-order valence-electron chi connectivity index (χ2n) is 8.63. The van der Waals surface area contributed by atoms with Gasteiger partial charge in [0.1, 0.15) is 23.1 Å². The molecule has 37 heavy (non-hydrogen) atoms. The molecule has 4 aromatic rings. The molecule has 1 aromatic heterocycles. The molecule has 1 aliphatic rings. The molecule has 0 aliphatic carbocycles. The maximum Gasteiger partial charge on any atom is 0.301 e. The summed E-state index contributed by atoms with van der Waals surface area (Å²) >= 11 is 4.67. The standard InChI is InChI=1S/C28H22BrN3O4S/c1-16-5-3-6-18(13-16)15-36-22-11-9-19(10-12-22)25(33)23-24(20-7-4-8-21(29)14-20)32(27(35)26(23)34)28-31-30-17(2)37-28/h3-14,24,33H,15H2,1-2H3. The second kappa shape index (κ2) is 10.3. The van der Waals surface area contributed by atoms with E-state index in [2.05, 4.69) is 32.2 Å². The maximum absolute atomic E-state index is 13.2. The molecule has 7 nitrogen and oxygen atoms in total. The summed E-state index contributed by atoms with van der Waals surface area (Å²) < 4.78 is 6.66. The highest BCUT2D eigenvalue weighted by Gasteiger charge is 2.48. The Bertz CT molecular complexity index is 1530. The van der Waals surface area contributed by atoms with Gasteiger partial charge in [-0.15, -0.1) is 10.2 Å². The van der Waals surface area contributed by atoms with Gasteiger partial charge in [-0.05, 0) is 61.4 Å². The molecule has 0 radical (unpaired) electrons. The van der Waals surface area contributed by atoms with Gasteiger partial charge < -0.3 is 9.84 Å². The van der Waals surface area contributed by atoms with Crippen LogP contribution in [0, 0.1) is 13.8 Å². The molecule has 1 amide bonds. The Balaban J connectivity index is 1.50. The predicted molar refractivity (Wildman–Crippen MR) is 146 cm³/mol. The lowest BCUT2D eigenvalue weighted by atomic mass is 9.95. The van der Waals surface area contributed by atoms with Gasteiger partial charge in [0.05, 0.1) is 11.6 Å². The van der Waals surface area contributed by atoms with Gasteiger partial charge in [0.15, 0.2) is 0 Å². The van der Waals surface area contributed by atoms with Crippen molar-refractivity contribution >= 4 is 49.8 Å². The molecule has 5 rings (SSSR count). The SMILES string of the molecule is Cc1cccc(COc2ccc(C(O)=C3C(=O)C(=O)N(c4nnc(C)s4)C3c3cccc(Br)c3)cc2)c1. The summed E-state index contributed by atoms with van der Waals surface area (Å²) in [6, 6.07) is 21.3. The summed E-state index contributed by atoms with van der Waals surface area (Å²) in [4.78, 5) is 27.7. The number of aryl methyl sites for hydroxylation is 2. The molecule has 0 bridgehead atoms. The zero-order valence-corrected chi connectivity index (χ0v) is 22.4. The van der Waals surface area contributed by atoms with Crippen LogP contribution >= 0.6 is 27.3 Å². The first-order valence-electron chi connectivity index (χ1n) is 11.5. The van der Waals surface area contributed by atoms with Gasteiger partial charge in [0, 0.05) is 10.0 Å². The molecule has 9 heteroatoms. The average Bonchev–Trinajstić information content (AvgIpc) is 3.43. The number of anilines is 1. The molecule has 1 N–H and O–H groups in total. The quantitative estimate of drug-likeness (QED) is 0.169. The fourth-order valence-corrected chi connectivity index (χ4v) is 5.37. The van der Waals surface area contributed by atoms with E-state index in [0.29, 0.717) is 33.6 Å². The predicted octanol–water partition coefficient (Wildman–Crippen LogP) is 6.12. The number of nitrogens with zero attached hydrogens (tertiary/aromatic N) is 3. The van der Waals surface area contributed by atoms with E-state index in [4.69, 9.17) is 4.74 Å². The summed E-state index contributed by atoms with van der Waals surface area (Å²) in [7, 11) is 0. The van der Waals surface area contributed by atoms with Crippen LogP contribution in [0.2, 0.25) is 0 Å². The number of aromatic nitrogens is 2. The zero-order valence-electron chi connectivity index (χ0n) is 20.0. The molecule has 3 aromatic carbocycles. The third kappa shape index (κ3) is 5.05. The number of carbonyl (C=O) groups excluding carboxylic acids is 2. The highest BCUT2D eigenvalue weighted by molar-refractivity contribution is 9.10. The van der Waals surface area contributed by atoms with E-state index >= 15 is 0 Å². The van der Waals surface area contributed by atoms with Crippen LogP contribution in [0.1, 0.15) is 33.3 Å². The van der Waals surface area contributed by atoms with Crippen molar-refractivity contribution in [3.8, 4) is 5.75 Å². The summed E-state index contributed by atoms with van der Waals surface area (Å²) in [6.45, 7) is 4.20. The van der Waals surface area contributed by atoms with Crippen molar-refractivity contribution in [3.05, 3.63) is 110 Å². The molecule has 1 unspecified atom stereocenters. The average molecular weight is 576 g/mol. The van der Waals surface area contributed by atoms with E-state index in [9.17, 15) is 14.7 Å². The monoisotopic (exact) mass is 575 g/mol. The van der Waals surface area contributed by atoms with Gasteiger partial charge in [-0.25, -0.2) is 0 Å². The molecule has 2 heterocycles. The molecule has 0 saturated carbocycles. The van der Waals surface area contributed by atoms with E-state index in [1.54, 1.807) is 37.3 Å². The van der Waals surface area contributed by atoms with Gasteiger partial charge in [-0.3, -0.25) is 14.5 Å². The number of ether oxygens (including phenoxy) is 1. The van der Waals surface area contributed by atoms with Crippen LogP contribution in [0.4, 0.5) is 5.13 Å². The summed E-state index contributed by atoms with van der Waals surface area (Å²) in [5.41, 5.74) is 3.24. The summed E-state index contributed by atoms with van der Waals surface area (Å²) in [6.07, 6.45) is 0. The minimum Gasteiger partial charge on any atom is -0.507 e. The van der Waals surface area contributed by atoms with Gasteiger partial charge in [-0.2, -0.15) is 0 Å². The molecular weight excluding hydrogens is 554 g/mol. The van der Waals surface area contributed by atoms with Crippen LogP contribution < -0.4 is 9.64 Å². The van der Waals surface area contributed by atoms with Crippen molar-refractivity contribution in [1.82, 2.24) is 10.2 Å². The molecule has 1 atom stereocenters. The van der Waals surface area contributed by atoms with Crippen molar-refractivity contribution in [2.24, 2.45) is 0 Å². The Hall–Kier alpha value is -3.82. The van der Waals surface area contributed by atoms with Crippen molar-refractivity contribution in [1.29, 1.82) is 0 Å². The molecular formula is C28H22BrN3O4S. The number of ketones is 1. The van der Waals surface area contributed by atoms with E-state index in [0.717, 1.165) is 15.6 Å². The van der Waals surface area contributed by atoms with E-state index in [1.165, 1.54) is 16.2 Å². The smallest absolute Gasteiger partial charge is 0.301 e. The van der Waals surface area contributed by atoms with Crippen LogP contribution in [0.25, 0.3) is 5.76 Å². The van der Waals surface area contributed by atoms with Crippen molar-refractivity contribution in [2.75, 3.05) is 4.90 Å². The number of hydrogen-bond donors (Lipinski definition) is 1. The second-order valence-corrected chi connectivity index (χ2v) is 10.7. The Labute approximate surface area is 226 Å². The lowest BCUT2D eigenvalue weighted by Crippen LogP contribution is -2.29. The zero-order chi connectivity index (χ0) is 26.1. The van der Waals surface area contributed by atoms with Gasteiger partial charge in [-0.1, -0.05) is 69.2 Å². The summed E-state index contributed by atoms with van der Waals surface area (Å²) in [5.74, 6) is -1.19. The fraction of sp³-hybridized carbons (Fsp3) is 0.143. The first-order chi connectivity index (χ1) is 17.8. The number of aliphatic hydroxyl groups is 1. The van der Waals surface area contributed by atoms with Crippen LogP contribution in [0.5, 0.6) is 5.75 Å². The molecule has 1 aliphatic heterocycles. The Morgan fingerprint density at radius 1 is 1.03 bits per heavy atom. The highest BCUT2D eigenvalue weighted by atomic mass is 79.9. The number of rotatable bonds is 6. The molecule has 186 valence electrons. The number of carbonyl (C=O) groups is 2. The number of Topliss-reactive ketones (excluding diaryl/α,β-unsaturated/α-hetero) is 1. The minimum absolute atomic E-state index is 0.00983.